The quantitative estimate of drug-likeness (QED) is 0.896. The van der Waals surface area contributed by atoms with Crippen LogP contribution in [0.5, 0.6) is 0 Å². The molecule has 1 unspecified atom stereocenters. The Morgan fingerprint density at radius 3 is 1.61 bits per heavy atom. The Kier molecular flexibility index (Phi) is 3.72. The van der Waals surface area contributed by atoms with Crippen LogP contribution < -0.4 is 0 Å². The summed E-state index contributed by atoms with van der Waals surface area (Å²) in [6.45, 7) is 0. The van der Waals surface area contributed by atoms with Crippen molar-refractivity contribution < 1.29 is 14.3 Å². The van der Waals surface area contributed by atoms with Crippen molar-refractivity contribution in [1.29, 1.82) is 0 Å². The molecule has 2 aromatic rings. The smallest absolute Gasteiger partial charge is 0.339 e. The zero-order valence-electron chi connectivity index (χ0n) is 9.66. The van der Waals surface area contributed by atoms with Crippen molar-refractivity contribution in [1.82, 2.24) is 0 Å². The summed E-state index contributed by atoms with van der Waals surface area (Å²) < 4.78 is 14.0. The second-order valence-corrected chi connectivity index (χ2v) is 4.04. The van der Waals surface area contributed by atoms with Gasteiger partial charge in [-0.05, 0) is 11.1 Å². The highest BCUT2D eigenvalue weighted by molar-refractivity contribution is 5.74. The molecule has 0 saturated heterocycles. The van der Waals surface area contributed by atoms with Crippen molar-refractivity contribution in [2.45, 2.75) is 12.1 Å². The maximum atomic E-state index is 14.0. The topological polar surface area (TPSA) is 37.3 Å². The number of rotatable bonds is 4. The minimum Gasteiger partial charge on any atom is -0.479 e. The normalized spacial score (nSPS) is 12.3. The van der Waals surface area contributed by atoms with Crippen molar-refractivity contribution in [2.75, 3.05) is 0 Å². The summed E-state index contributed by atoms with van der Waals surface area (Å²) in [4.78, 5) is 10.9. The lowest BCUT2D eigenvalue weighted by Crippen LogP contribution is -2.24. The SMILES string of the molecule is O=C(O)C(F)C(c1ccccc1)c1ccccc1. The summed E-state index contributed by atoms with van der Waals surface area (Å²) >= 11 is 0. The van der Waals surface area contributed by atoms with Gasteiger partial charge in [-0.3, -0.25) is 0 Å². The third-order valence-corrected chi connectivity index (χ3v) is 2.85. The maximum Gasteiger partial charge on any atom is 0.339 e. The van der Waals surface area contributed by atoms with Gasteiger partial charge in [-0.25, -0.2) is 9.18 Å². The molecule has 92 valence electrons. The van der Waals surface area contributed by atoms with E-state index in [1.54, 1.807) is 48.5 Å². The molecule has 2 nitrogen and oxygen atoms in total. The molecule has 3 heteroatoms. The van der Waals surface area contributed by atoms with Crippen LogP contribution in [0.25, 0.3) is 0 Å². The molecule has 0 amide bonds. The van der Waals surface area contributed by atoms with Gasteiger partial charge in [-0.1, -0.05) is 60.7 Å². The first-order valence-electron chi connectivity index (χ1n) is 5.67. The van der Waals surface area contributed by atoms with Crippen molar-refractivity contribution >= 4 is 5.97 Å². The van der Waals surface area contributed by atoms with E-state index in [0.29, 0.717) is 11.1 Å². The van der Waals surface area contributed by atoms with E-state index in [-0.39, 0.29) is 0 Å². The average Bonchev–Trinajstić information content (AvgIpc) is 2.41. The van der Waals surface area contributed by atoms with E-state index in [0.717, 1.165) is 0 Å². The van der Waals surface area contributed by atoms with E-state index in [1.807, 2.05) is 12.1 Å². The predicted octanol–water partition coefficient (Wildman–Crippen LogP) is 3.24. The second kappa shape index (κ2) is 5.45. The summed E-state index contributed by atoms with van der Waals surface area (Å²) in [6, 6.07) is 17.7. The van der Waals surface area contributed by atoms with Gasteiger partial charge in [0, 0.05) is 0 Å². The molecule has 0 saturated carbocycles. The Bertz CT molecular complexity index is 471. The average molecular weight is 244 g/mol. The highest BCUT2D eigenvalue weighted by Crippen LogP contribution is 2.29. The largest absolute Gasteiger partial charge is 0.479 e. The van der Waals surface area contributed by atoms with Gasteiger partial charge in [0.2, 0.25) is 6.17 Å². The number of halogens is 1. The molecular formula is C15H13FO2. The predicted molar refractivity (Wildman–Crippen MR) is 67.3 cm³/mol. The molecule has 1 atom stereocenters. The molecule has 2 aromatic carbocycles. The summed E-state index contributed by atoms with van der Waals surface area (Å²) in [5, 5.41) is 8.90. The van der Waals surface area contributed by atoms with Crippen LogP contribution in [0.15, 0.2) is 60.7 Å². The number of aliphatic carboxylic acids is 1. The summed E-state index contributed by atoms with van der Waals surface area (Å²) in [6.07, 6.45) is -1.95. The molecule has 0 aliphatic rings. The number of carboxylic acid groups (broad SMARTS) is 1. The van der Waals surface area contributed by atoms with Crippen LogP contribution in [0.4, 0.5) is 4.39 Å². The zero-order chi connectivity index (χ0) is 13.0. The fourth-order valence-corrected chi connectivity index (χ4v) is 1.99. The van der Waals surface area contributed by atoms with E-state index < -0.39 is 18.1 Å². The summed E-state index contributed by atoms with van der Waals surface area (Å²) in [5.74, 6) is -2.21. The van der Waals surface area contributed by atoms with Gasteiger partial charge in [-0.2, -0.15) is 0 Å². The van der Waals surface area contributed by atoms with E-state index in [9.17, 15) is 9.18 Å². The molecule has 2 rings (SSSR count). The van der Waals surface area contributed by atoms with Gasteiger partial charge >= 0.3 is 5.97 Å². The van der Waals surface area contributed by atoms with Crippen molar-refractivity contribution in [3.05, 3.63) is 71.8 Å². The Balaban J connectivity index is 2.45. The lowest BCUT2D eigenvalue weighted by atomic mass is 9.87. The van der Waals surface area contributed by atoms with Gasteiger partial charge in [-0.15, -0.1) is 0 Å². The standard InChI is InChI=1S/C15H13FO2/c16-14(15(17)18)13(11-7-3-1-4-8-11)12-9-5-2-6-10-12/h1-10,13-14H,(H,17,18). The molecule has 0 aliphatic carbocycles. The van der Waals surface area contributed by atoms with E-state index in [2.05, 4.69) is 0 Å². The third kappa shape index (κ3) is 2.56. The number of hydrogen-bond donors (Lipinski definition) is 1. The Morgan fingerprint density at radius 2 is 1.28 bits per heavy atom. The number of alkyl halides is 1. The molecule has 0 heterocycles. The second-order valence-electron chi connectivity index (χ2n) is 4.04. The van der Waals surface area contributed by atoms with Crippen molar-refractivity contribution in [2.24, 2.45) is 0 Å². The molecule has 1 N–H and O–H groups in total. The minimum atomic E-state index is -1.95. The molecule has 0 aliphatic heterocycles. The number of carbonyl (C=O) groups is 1. The first-order chi connectivity index (χ1) is 8.70. The lowest BCUT2D eigenvalue weighted by molar-refractivity contribution is -0.143. The highest BCUT2D eigenvalue weighted by Gasteiger charge is 2.30. The Labute approximate surface area is 105 Å². The lowest BCUT2D eigenvalue weighted by Gasteiger charge is -2.19. The summed E-state index contributed by atoms with van der Waals surface area (Å²) in [7, 11) is 0. The maximum absolute atomic E-state index is 14.0. The fourth-order valence-electron chi connectivity index (χ4n) is 1.99. The van der Waals surface area contributed by atoms with E-state index in [1.165, 1.54) is 0 Å². The summed E-state index contributed by atoms with van der Waals surface area (Å²) in [5.41, 5.74) is 1.33. The molecular weight excluding hydrogens is 231 g/mol. The molecule has 0 fully saturated rings. The van der Waals surface area contributed by atoms with Gasteiger partial charge in [0.25, 0.3) is 0 Å². The van der Waals surface area contributed by atoms with Crippen molar-refractivity contribution in [3.63, 3.8) is 0 Å². The Morgan fingerprint density at radius 1 is 0.889 bits per heavy atom. The third-order valence-electron chi connectivity index (χ3n) is 2.85. The van der Waals surface area contributed by atoms with Crippen LogP contribution >= 0.6 is 0 Å². The molecule has 0 bridgehead atoms. The van der Waals surface area contributed by atoms with Crippen LogP contribution in [-0.4, -0.2) is 17.2 Å². The van der Waals surface area contributed by atoms with Crippen molar-refractivity contribution in [3.8, 4) is 0 Å². The molecule has 0 radical (unpaired) electrons. The fraction of sp³-hybridized carbons (Fsp3) is 0.133. The van der Waals surface area contributed by atoms with Gasteiger partial charge in [0.05, 0.1) is 5.92 Å². The van der Waals surface area contributed by atoms with Crippen LogP contribution in [0, 0.1) is 0 Å². The zero-order valence-corrected chi connectivity index (χ0v) is 9.66. The Hall–Kier alpha value is -2.16. The first-order valence-corrected chi connectivity index (χ1v) is 5.67. The van der Waals surface area contributed by atoms with E-state index >= 15 is 0 Å². The molecule has 0 spiro atoms. The van der Waals surface area contributed by atoms with Crippen LogP contribution in [0.1, 0.15) is 17.0 Å². The van der Waals surface area contributed by atoms with Crippen LogP contribution in [0.2, 0.25) is 0 Å². The molecule has 18 heavy (non-hydrogen) atoms. The van der Waals surface area contributed by atoms with E-state index in [4.69, 9.17) is 5.11 Å². The molecule has 0 aromatic heterocycles. The van der Waals surface area contributed by atoms with Gasteiger partial charge < -0.3 is 5.11 Å². The number of benzene rings is 2. The minimum absolute atomic E-state index is 0.665. The van der Waals surface area contributed by atoms with Gasteiger partial charge in [0.1, 0.15) is 0 Å². The first kappa shape index (κ1) is 12.3. The van der Waals surface area contributed by atoms with Crippen LogP contribution in [-0.2, 0) is 4.79 Å². The monoisotopic (exact) mass is 244 g/mol. The number of hydrogen-bond acceptors (Lipinski definition) is 1. The van der Waals surface area contributed by atoms with Gasteiger partial charge in [0.15, 0.2) is 0 Å². The van der Waals surface area contributed by atoms with Crippen LogP contribution in [0.3, 0.4) is 0 Å². The number of carboxylic acids is 1. The highest BCUT2D eigenvalue weighted by atomic mass is 19.1.